The van der Waals surface area contributed by atoms with Gasteiger partial charge in [0.25, 0.3) is 0 Å². The molecule has 0 unspecified atom stereocenters. The highest BCUT2D eigenvalue weighted by Gasteiger charge is 2.12. The number of rotatable bonds is 3. The molecular formula is C21H18N4O2. The zero-order valence-corrected chi connectivity index (χ0v) is 15.0. The number of ether oxygens (including phenoxy) is 1. The molecule has 2 aromatic heterocycles. The van der Waals surface area contributed by atoms with Gasteiger partial charge in [-0.3, -0.25) is 0 Å². The fourth-order valence-electron chi connectivity index (χ4n) is 2.99. The molecule has 0 saturated carbocycles. The summed E-state index contributed by atoms with van der Waals surface area (Å²) in [5.74, 6) is 1.48. The molecule has 4 aromatic rings. The Kier molecular flexibility index (Phi) is 4.30. The lowest BCUT2D eigenvalue weighted by Gasteiger charge is -2.09. The molecular weight excluding hydrogens is 340 g/mol. The van der Waals surface area contributed by atoms with Gasteiger partial charge in [0.15, 0.2) is 0 Å². The first-order chi connectivity index (χ1) is 13.1. The fourth-order valence-corrected chi connectivity index (χ4v) is 2.99. The van der Waals surface area contributed by atoms with Crippen molar-refractivity contribution in [1.82, 2.24) is 14.8 Å². The Hall–Kier alpha value is -3.67. The predicted octanol–water partition coefficient (Wildman–Crippen LogP) is 4.52. The number of pyridine rings is 1. The second kappa shape index (κ2) is 6.92. The van der Waals surface area contributed by atoms with Crippen molar-refractivity contribution >= 4 is 16.6 Å². The molecule has 2 aromatic carbocycles. The topological polar surface area (TPSA) is 72.5 Å². The maximum atomic E-state index is 9.44. The lowest BCUT2D eigenvalue weighted by molar-refractivity contribution is 0.316. The molecule has 134 valence electrons. The van der Waals surface area contributed by atoms with Crippen LogP contribution < -0.4 is 4.74 Å². The van der Waals surface area contributed by atoms with Gasteiger partial charge in [0.05, 0.1) is 5.69 Å². The fraction of sp³-hybridized carbons (Fsp3) is 0.0952. The number of aromatic nitrogens is 3. The Balaban J connectivity index is 1.58. The lowest BCUT2D eigenvalue weighted by atomic mass is 10.1. The Labute approximate surface area is 156 Å². The van der Waals surface area contributed by atoms with E-state index in [1.165, 1.54) is 0 Å². The van der Waals surface area contributed by atoms with E-state index in [0.29, 0.717) is 23.0 Å². The lowest BCUT2D eigenvalue weighted by Crippen LogP contribution is -2.17. The molecule has 0 spiro atoms. The normalized spacial score (nSPS) is 11.7. The average Bonchev–Trinajstić information content (AvgIpc) is 3.01. The molecule has 0 aliphatic rings. The van der Waals surface area contributed by atoms with Crippen LogP contribution in [0.4, 0.5) is 0 Å². The molecule has 2 heterocycles. The molecule has 4 rings (SSSR count). The molecule has 27 heavy (non-hydrogen) atoms. The maximum Gasteiger partial charge on any atom is 0.219 e. The molecule has 6 heteroatoms. The van der Waals surface area contributed by atoms with Crippen molar-refractivity contribution < 1.29 is 9.94 Å². The third-order valence-electron chi connectivity index (χ3n) is 4.24. The molecule has 0 amide bonds. The summed E-state index contributed by atoms with van der Waals surface area (Å²) in [6, 6.07) is 19.4. The molecule has 0 atom stereocenters. The van der Waals surface area contributed by atoms with Crippen molar-refractivity contribution in [3.05, 3.63) is 83.8 Å². The quantitative estimate of drug-likeness (QED) is 0.253. The summed E-state index contributed by atoms with van der Waals surface area (Å²) in [5.41, 5.74) is 2.35. The third-order valence-corrected chi connectivity index (χ3v) is 4.24. The summed E-state index contributed by atoms with van der Waals surface area (Å²) >= 11 is 0. The van der Waals surface area contributed by atoms with E-state index in [1.807, 2.05) is 56.3 Å². The summed E-state index contributed by atoms with van der Waals surface area (Å²) in [7, 11) is 0. The molecule has 0 bridgehead atoms. The van der Waals surface area contributed by atoms with E-state index >= 15 is 0 Å². The number of oxime groups is 1. The van der Waals surface area contributed by atoms with Crippen LogP contribution in [-0.4, -0.2) is 25.8 Å². The van der Waals surface area contributed by atoms with Crippen LogP contribution in [0, 0.1) is 13.8 Å². The van der Waals surface area contributed by atoms with Gasteiger partial charge >= 0.3 is 0 Å². The Morgan fingerprint density at radius 1 is 1.00 bits per heavy atom. The second-order valence-electron chi connectivity index (χ2n) is 6.26. The molecule has 0 radical (unpaired) electrons. The van der Waals surface area contributed by atoms with E-state index in [4.69, 9.17) is 4.74 Å². The standard InChI is InChI=1S/C21H18N4O2/c1-14-11-15(2)25(23-14)21(24-26)18-8-10-20(22-13-18)27-19-9-7-16-5-3-4-6-17(16)12-19/h3-13,26H,1-2H3/b24-21-. The summed E-state index contributed by atoms with van der Waals surface area (Å²) in [6.45, 7) is 3.78. The van der Waals surface area contributed by atoms with Crippen molar-refractivity contribution in [2.75, 3.05) is 0 Å². The monoisotopic (exact) mass is 358 g/mol. The zero-order valence-electron chi connectivity index (χ0n) is 15.0. The highest BCUT2D eigenvalue weighted by molar-refractivity contribution is 5.99. The van der Waals surface area contributed by atoms with Gasteiger partial charge in [-0.1, -0.05) is 35.5 Å². The Morgan fingerprint density at radius 2 is 1.81 bits per heavy atom. The number of fused-ring (bicyclic) bond motifs is 1. The van der Waals surface area contributed by atoms with Crippen LogP contribution in [0.2, 0.25) is 0 Å². The number of hydrogen-bond acceptors (Lipinski definition) is 5. The van der Waals surface area contributed by atoms with Gasteiger partial charge in [-0.15, -0.1) is 0 Å². The first-order valence-electron chi connectivity index (χ1n) is 8.53. The zero-order chi connectivity index (χ0) is 18.8. The highest BCUT2D eigenvalue weighted by atomic mass is 16.5. The second-order valence-corrected chi connectivity index (χ2v) is 6.26. The number of benzene rings is 2. The van der Waals surface area contributed by atoms with Gasteiger partial charge in [0, 0.05) is 23.5 Å². The van der Waals surface area contributed by atoms with E-state index in [0.717, 1.165) is 22.2 Å². The van der Waals surface area contributed by atoms with Gasteiger partial charge < -0.3 is 9.94 Å². The van der Waals surface area contributed by atoms with Crippen LogP contribution in [0.1, 0.15) is 17.0 Å². The molecule has 6 nitrogen and oxygen atoms in total. The van der Waals surface area contributed by atoms with Gasteiger partial charge in [-0.2, -0.15) is 5.10 Å². The van der Waals surface area contributed by atoms with E-state index in [1.54, 1.807) is 23.0 Å². The minimum atomic E-state index is 0.311. The van der Waals surface area contributed by atoms with Crippen LogP contribution in [0.15, 0.2) is 72.0 Å². The Morgan fingerprint density at radius 3 is 2.48 bits per heavy atom. The van der Waals surface area contributed by atoms with E-state index in [-0.39, 0.29) is 0 Å². The van der Waals surface area contributed by atoms with Crippen molar-refractivity contribution in [3.63, 3.8) is 0 Å². The average molecular weight is 358 g/mol. The van der Waals surface area contributed by atoms with E-state index < -0.39 is 0 Å². The molecule has 0 saturated heterocycles. The number of aryl methyl sites for hydroxylation is 2. The van der Waals surface area contributed by atoms with Gasteiger partial charge in [0.1, 0.15) is 5.75 Å². The van der Waals surface area contributed by atoms with Gasteiger partial charge in [-0.05, 0) is 48.9 Å². The third kappa shape index (κ3) is 3.37. The summed E-state index contributed by atoms with van der Waals surface area (Å²) in [4.78, 5) is 4.33. The summed E-state index contributed by atoms with van der Waals surface area (Å²) in [6.07, 6.45) is 1.60. The van der Waals surface area contributed by atoms with Crippen LogP contribution in [0.25, 0.3) is 10.8 Å². The minimum Gasteiger partial charge on any atom is -0.439 e. The van der Waals surface area contributed by atoms with Crippen LogP contribution in [0.5, 0.6) is 11.6 Å². The highest BCUT2D eigenvalue weighted by Crippen LogP contribution is 2.24. The first-order valence-corrected chi connectivity index (χ1v) is 8.53. The number of nitrogens with zero attached hydrogens (tertiary/aromatic N) is 4. The molecule has 0 fully saturated rings. The van der Waals surface area contributed by atoms with Crippen molar-refractivity contribution in [2.45, 2.75) is 13.8 Å². The summed E-state index contributed by atoms with van der Waals surface area (Å²) < 4.78 is 7.43. The molecule has 1 N–H and O–H groups in total. The van der Waals surface area contributed by atoms with E-state index in [2.05, 4.69) is 21.3 Å². The van der Waals surface area contributed by atoms with Crippen molar-refractivity contribution in [3.8, 4) is 11.6 Å². The predicted molar refractivity (Wildman–Crippen MR) is 104 cm³/mol. The van der Waals surface area contributed by atoms with E-state index in [9.17, 15) is 5.21 Å². The largest absolute Gasteiger partial charge is 0.439 e. The SMILES string of the molecule is Cc1cc(C)n(/C(=N\O)c2ccc(Oc3ccc4ccccc4c3)nc2)n1. The molecule has 0 aliphatic heterocycles. The van der Waals surface area contributed by atoms with Crippen LogP contribution >= 0.6 is 0 Å². The first kappa shape index (κ1) is 16.8. The van der Waals surface area contributed by atoms with Gasteiger partial charge in [0.2, 0.25) is 11.7 Å². The van der Waals surface area contributed by atoms with Gasteiger partial charge in [-0.25, -0.2) is 9.67 Å². The molecule has 0 aliphatic carbocycles. The number of hydrogen-bond donors (Lipinski definition) is 1. The Bertz CT molecular complexity index is 1130. The van der Waals surface area contributed by atoms with Crippen molar-refractivity contribution in [1.29, 1.82) is 0 Å². The summed E-state index contributed by atoms with van der Waals surface area (Å²) in [5, 5.41) is 19.4. The minimum absolute atomic E-state index is 0.311. The maximum absolute atomic E-state index is 9.44. The van der Waals surface area contributed by atoms with Crippen molar-refractivity contribution in [2.24, 2.45) is 5.16 Å². The smallest absolute Gasteiger partial charge is 0.219 e. The van der Waals surface area contributed by atoms with Crippen LogP contribution in [0.3, 0.4) is 0 Å². The van der Waals surface area contributed by atoms with Crippen LogP contribution in [-0.2, 0) is 0 Å².